The molecular weight excluding hydrogens is 288 g/mol. The molecule has 0 bridgehead atoms. The van der Waals surface area contributed by atoms with E-state index >= 15 is 0 Å². The van der Waals surface area contributed by atoms with Gasteiger partial charge in [0.2, 0.25) is 5.91 Å². The number of pyridine rings is 1. The van der Waals surface area contributed by atoms with Crippen LogP contribution in [0.1, 0.15) is 24.8 Å². The van der Waals surface area contributed by atoms with E-state index in [1.54, 1.807) is 29.3 Å². The quantitative estimate of drug-likeness (QED) is 0.786. The van der Waals surface area contributed by atoms with E-state index in [1.165, 1.54) is 0 Å². The summed E-state index contributed by atoms with van der Waals surface area (Å²) in [6.45, 7) is 2.05. The first-order chi connectivity index (χ1) is 11.2. The van der Waals surface area contributed by atoms with Gasteiger partial charge in [-0.25, -0.2) is 9.67 Å². The van der Waals surface area contributed by atoms with Crippen LogP contribution in [0.3, 0.4) is 0 Å². The first-order valence-corrected chi connectivity index (χ1v) is 7.54. The molecule has 1 atom stereocenters. The van der Waals surface area contributed by atoms with Crippen molar-refractivity contribution in [2.75, 3.05) is 5.32 Å². The third-order valence-electron chi connectivity index (χ3n) is 3.64. The molecule has 2 heterocycles. The second kappa shape index (κ2) is 6.87. The van der Waals surface area contributed by atoms with Gasteiger partial charge in [-0.2, -0.15) is 5.10 Å². The lowest BCUT2D eigenvalue weighted by molar-refractivity contribution is -0.116. The molecule has 1 unspecified atom stereocenters. The van der Waals surface area contributed by atoms with E-state index in [-0.39, 0.29) is 11.8 Å². The highest BCUT2D eigenvalue weighted by Crippen LogP contribution is 2.21. The number of rotatable bonds is 5. The Balaban J connectivity index is 1.72. The average Bonchev–Trinajstić information content (AvgIpc) is 3.10. The van der Waals surface area contributed by atoms with Crippen LogP contribution in [0.4, 0.5) is 5.69 Å². The molecular formula is C18H18N4O. The van der Waals surface area contributed by atoms with Gasteiger partial charge >= 0.3 is 0 Å². The summed E-state index contributed by atoms with van der Waals surface area (Å²) >= 11 is 0. The molecule has 1 aromatic carbocycles. The van der Waals surface area contributed by atoms with Crippen LogP contribution in [-0.2, 0) is 4.79 Å². The molecule has 116 valence electrons. The first-order valence-electron chi connectivity index (χ1n) is 7.54. The number of hydrogen-bond donors (Lipinski definition) is 1. The van der Waals surface area contributed by atoms with E-state index in [0.29, 0.717) is 17.9 Å². The maximum atomic E-state index is 12.3. The molecule has 3 aromatic rings. The smallest absolute Gasteiger partial charge is 0.225 e. The van der Waals surface area contributed by atoms with E-state index < -0.39 is 0 Å². The average molecular weight is 306 g/mol. The number of benzene rings is 1. The molecule has 5 nitrogen and oxygen atoms in total. The van der Waals surface area contributed by atoms with E-state index in [2.05, 4.69) is 15.4 Å². The maximum absolute atomic E-state index is 12.3. The van der Waals surface area contributed by atoms with Gasteiger partial charge in [0.1, 0.15) is 0 Å². The minimum Gasteiger partial charge on any atom is -0.323 e. The lowest BCUT2D eigenvalue weighted by Crippen LogP contribution is -2.16. The fraction of sp³-hybridized carbons (Fsp3) is 0.167. The van der Waals surface area contributed by atoms with Crippen LogP contribution in [0.15, 0.2) is 67.1 Å². The van der Waals surface area contributed by atoms with E-state index in [9.17, 15) is 4.79 Å². The second-order valence-corrected chi connectivity index (χ2v) is 5.39. The molecule has 0 radical (unpaired) electrons. The fourth-order valence-electron chi connectivity index (χ4n) is 2.45. The Hall–Kier alpha value is -2.95. The highest BCUT2D eigenvalue weighted by molar-refractivity contribution is 5.92. The van der Waals surface area contributed by atoms with Gasteiger partial charge in [0.15, 0.2) is 5.82 Å². The van der Waals surface area contributed by atoms with Crippen LogP contribution in [0.2, 0.25) is 0 Å². The molecule has 0 aliphatic heterocycles. The topological polar surface area (TPSA) is 59.8 Å². The molecule has 0 saturated carbocycles. The van der Waals surface area contributed by atoms with Crippen LogP contribution in [0.25, 0.3) is 5.82 Å². The number of amides is 1. The number of carbonyl (C=O) groups is 1. The summed E-state index contributed by atoms with van der Waals surface area (Å²) in [6, 6.07) is 15.5. The first kappa shape index (κ1) is 15.0. The molecule has 0 aliphatic carbocycles. The summed E-state index contributed by atoms with van der Waals surface area (Å²) in [7, 11) is 0. The van der Waals surface area contributed by atoms with E-state index in [0.717, 1.165) is 5.56 Å². The molecule has 3 rings (SSSR count). The lowest BCUT2D eigenvalue weighted by Gasteiger charge is -2.13. The Bertz CT molecular complexity index is 769. The monoisotopic (exact) mass is 306 g/mol. The molecule has 0 saturated heterocycles. The van der Waals surface area contributed by atoms with Crippen molar-refractivity contribution < 1.29 is 4.79 Å². The van der Waals surface area contributed by atoms with Crippen molar-refractivity contribution in [1.29, 1.82) is 0 Å². The molecule has 0 fully saturated rings. The Morgan fingerprint density at radius 1 is 1.13 bits per heavy atom. The van der Waals surface area contributed by atoms with Gasteiger partial charge in [0, 0.05) is 25.0 Å². The Morgan fingerprint density at radius 3 is 2.70 bits per heavy atom. The SMILES string of the molecule is CC(CC(=O)Nc1cccnc1-n1cccn1)c1ccccc1. The fourth-order valence-corrected chi connectivity index (χ4v) is 2.45. The minimum atomic E-state index is -0.0391. The predicted octanol–water partition coefficient (Wildman–Crippen LogP) is 3.40. The van der Waals surface area contributed by atoms with Crippen LogP contribution >= 0.6 is 0 Å². The van der Waals surface area contributed by atoms with Crippen molar-refractivity contribution in [2.24, 2.45) is 0 Å². The third kappa shape index (κ3) is 3.63. The summed E-state index contributed by atoms with van der Waals surface area (Å²) < 4.78 is 1.64. The molecule has 2 aromatic heterocycles. The molecule has 5 heteroatoms. The van der Waals surface area contributed by atoms with Crippen molar-refractivity contribution in [3.05, 3.63) is 72.7 Å². The standard InChI is InChI=1S/C18H18N4O/c1-14(15-7-3-2-4-8-15)13-17(23)21-16-9-5-10-19-18(16)22-12-6-11-20-22/h2-12,14H,13H2,1H3,(H,21,23). The summed E-state index contributed by atoms with van der Waals surface area (Å²) in [5.74, 6) is 0.724. The van der Waals surface area contributed by atoms with Crippen molar-refractivity contribution in [1.82, 2.24) is 14.8 Å². The van der Waals surface area contributed by atoms with E-state index in [4.69, 9.17) is 0 Å². The minimum absolute atomic E-state index is 0.0391. The molecule has 1 amide bonds. The molecule has 1 N–H and O–H groups in total. The van der Waals surface area contributed by atoms with Crippen molar-refractivity contribution in [2.45, 2.75) is 19.3 Å². The zero-order chi connectivity index (χ0) is 16.1. The number of hydrogen-bond acceptors (Lipinski definition) is 3. The van der Waals surface area contributed by atoms with Gasteiger partial charge in [-0.3, -0.25) is 4.79 Å². The van der Waals surface area contributed by atoms with Gasteiger partial charge in [0.25, 0.3) is 0 Å². The van der Waals surface area contributed by atoms with Crippen molar-refractivity contribution in [3.63, 3.8) is 0 Å². The number of carbonyl (C=O) groups excluding carboxylic acids is 1. The van der Waals surface area contributed by atoms with Gasteiger partial charge in [-0.05, 0) is 29.7 Å². The molecule has 23 heavy (non-hydrogen) atoms. The number of nitrogens with zero attached hydrogens (tertiary/aromatic N) is 3. The normalized spacial score (nSPS) is 11.9. The summed E-state index contributed by atoms with van der Waals surface area (Å²) in [5, 5.41) is 7.10. The zero-order valence-electron chi connectivity index (χ0n) is 12.9. The second-order valence-electron chi connectivity index (χ2n) is 5.39. The largest absolute Gasteiger partial charge is 0.323 e. The number of nitrogens with one attached hydrogen (secondary N) is 1. The lowest BCUT2D eigenvalue weighted by atomic mass is 9.97. The Morgan fingerprint density at radius 2 is 1.96 bits per heavy atom. The number of anilines is 1. The van der Waals surface area contributed by atoms with Crippen molar-refractivity contribution in [3.8, 4) is 5.82 Å². The highest BCUT2D eigenvalue weighted by atomic mass is 16.1. The van der Waals surface area contributed by atoms with Crippen LogP contribution in [-0.4, -0.2) is 20.7 Å². The Labute approximate surface area is 135 Å². The van der Waals surface area contributed by atoms with Gasteiger partial charge in [-0.1, -0.05) is 37.3 Å². The van der Waals surface area contributed by atoms with Crippen LogP contribution in [0, 0.1) is 0 Å². The Kier molecular flexibility index (Phi) is 4.47. The van der Waals surface area contributed by atoms with E-state index in [1.807, 2.05) is 49.4 Å². The highest BCUT2D eigenvalue weighted by Gasteiger charge is 2.13. The van der Waals surface area contributed by atoms with Crippen molar-refractivity contribution >= 4 is 11.6 Å². The van der Waals surface area contributed by atoms with Crippen LogP contribution in [0.5, 0.6) is 0 Å². The maximum Gasteiger partial charge on any atom is 0.225 e. The molecule has 0 spiro atoms. The van der Waals surface area contributed by atoms with Crippen LogP contribution < -0.4 is 5.32 Å². The summed E-state index contributed by atoms with van der Waals surface area (Å²) in [5.41, 5.74) is 1.81. The zero-order valence-corrected chi connectivity index (χ0v) is 12.9. The predicted molar refractivity (Wildman–Crippen MR) is 89.5 cm³/mol. The summed E-state index contributed by atoms with van der Waals surface area (Å²) in [4.78, 5) is 16.6. The van der Waals surface area contributed by atoms with Gasteiger partial charge < -0.3 is 5.32 Å². The number of aromatic nitrogens is 3. The molecule has 0 aliphatic rings. The third-order valence-corrected chi connectivity index (χ3v) is 3.64. The van der Waals surface area contributed by atoms with Gasteiger partial charge in [-0.15, -0.1) is 0 Å². The summed E-state index contributed by atoms with van der Waals surface area (Å²) in [6.07, 6.45) is 5.57. The van der Waals surface area contributed by atoms with Gasteiger partial charge in [0.05, 0.1) is 5.69 Å².